The van der Waals surface area contributed by atoms with Crippen molar-refractivity contribution >= 4 is 0 Å². The predicted molar refractivity (Wildman–Crippen MR) is 117 cm³/mol. The first-order valence-electron chi connectivity index (χ1n) is 10.5. The van der Waals surface area contributed by atoms with E-state index in [2.05, 4.69) is 36.9 Å². The molecule has 0 bridgehead atoms. The van der Waals surface area contributed by atoms with Crippen LogP contribution in [0.5, 0.6) is 0 Å². The summed E-state index contributed by atoms with van der Waals surface area (Å²) in [5.74, 6) is -2.57. The van der Waals surface area contributed by atoms with Gasteiger partial charge in [-0.15, -0.1) is 6.58 Å². The van der Waals surface area contributed by atoms with Crippen molar-refractivity contribution in [3.8, 4) is 0 Å². The number of hydrogen-bond donors (Lipinski definition) is 3. The highest BCUT2D eigenvalue weighted by Gasteiger charge is 2.17. The molecule has 0 fully saturated rings. The summed E-state index contributed by atoms with van der Waals surface area (Å²) in [5.41, 5.74) is 1.45. The van der Waals surface area contributed by atoms with Crippen LogP contribution >= 0.6 is 0 Å². The zero-order chi connectivity index (χ0) is 21.5. The Morgan fingerprint density at radius 1 is 0.857 bits per heavy atom. The van der Waals surface area contributed by atoms with Gasteiger partial charge in [0.05, 0.1) is 6.10 Å². The van der Waals surface area contributed by atoms with Crippen molar-refractivity contribution in [1.29, 1.82) is 0 Å². The summed E-state index contributed by atoms with van der Waals surface area (Å²) >= 11 is 0. The maximum Gasteiger partial charge on any atom is 0.160 e. The molecule has 0 heterocycles. The second-order valence-electron chi connectivity index (χ2n) is 8.33. The van der Waals surface area contributed by atoms with E-state index in [1.54, 1.807) is 19.9 Å². The van der Waals surface area contributed by atoms with Gasteiger partial charge in [0, 0.05) is 0 Å². The molecule has 4 heteroatoms. The average Bonchev–Trinajstić information content (AvgIpc) is 2.57. The lowest BCUT2D eigenvalue weighted by Gasteiger charge is -2.24. The lowest BCUT2D eigenvalue weighted by molar-refractivity contribution is -0.195. The molecule has 0 saturated carbocycles. The fraction of sp³-hybridized carbons (Fsp3) is 0.667. The molecule has 0 spiro atoms. The van der Waals surface area contributed by atoms with Crippen LogP contribution in [0, 0.1) is 0 Å². The van der Waals surface area contributed by atoms with Gasteiger partial charge in [0.2, 0.25) is 0 Å². The molecular formula is C24H42O4. The van der Waals surface area contributed by atoms with Gasteiger partial charge in [-0.1, -0.05) is 74.9 Å². The SMILES string of the molecule is C=CC(CCCCCCCCCc1ccccc1)OC(C)(C)O.CC(C)(O)O. The number of ether oxygens (including phenoxy) is 1. The van der Waals surface area contributed by atoms with E-state index in [0.717, 1.165) is 12.8 Å². The fourth-order valence-electron chi connectivity index (χ4n) is 2.80. The zero-order valence-electron chi connectivity index (χ0n) is 18.4. The lowest BCUT2D eigenvalue weighted by atomic mass is 10.0. The summed E-state index contributed by atoms with van der Waals surface area (Å²) in [7, 11) is 0. The molecule has 1 aromatic rings. The summed E-state index contributed by atoms with van der Waals surface area (Å²) in [6, 6.07) is 10.7. The van der Waals surface area contributed by atoms with Crippen molar-refractivity contribution in [3.05, 3.63) is 48.6 Å². The molecule has 0 amide bonds. The van der Waals surface area contributed by atoms with Crippen LogP contribution in [0.3, 0.4) is 0 Å². The number of benzene rings is 1. The van der Waals surface area contributed by atoms with E-state index in [-0.39, 0.29) is 6.10 Å². The minimum atomic E-state index is -1.50. The molecule has 0 aliphatic rings. The molecule has 0 aliphatic heterocycles. The summed E-state index contributed by atoms with van der Waals surface area (Å²) in [4.78, 5) is 0. The van der Waals surface area contributed by atoms with Crippen molar-refractivity contribution in [2.45, 2.75) is 103 Å². The molecule has 1 atom stereocenters. The quantitative estimate of drug-likeness (QED) is 0.239. The minimum Gasteiger partial charge on any atom is -0.366 e. The van der Waals surface area contributed by atoms with E-state index in [1.165, 1.54) is 64.4 Å². The standard InChI is InChI=1S/C21H34O2.C3H8O2/c1-4-20(23-21(2,3)22)18-14-9-7-5-6-8-11-15-19-16-12-10-13-17-19;1-3(2,4)5/h4,10,12-13,16-17,20,22H,1,5-9,11,14-15,18H2,2-3H3;4-5H,1-2H3. The number of unbranched alkanes of at least 4 members (excludes halogenated alkanes) is 6. The molecule has 28 heavy (non-hydrogen) atoms. The van der Waals surface area contributed by atoms with E-state index >= 15 is 0 Å². The Bertz CT molecular complexity index is 480. The fourth-order valence-corrected chi connectivity index (χ4v) is 2.80. The molecule has 0 saturated heterocycles. The Balaban J connectivity index is 0.00000129. The van der Waals surface area contributed by atoms with Crippen LogP contribution < -0.4 is 0 Å². The molecule has 1 rings (SSSR count). The minimum absolute atomic E-state index is 0.0409. The van der Waals surface area contributed by atoms with Crippen molar-refractivity contribution in [3.63, 3.8) is 0 Å². The maximum absolute atomic E-state index is 9.65. The Kier molecular flexibility index (Phi) is 14.1. The summed E-state index contributed by atoms with van der Waals surface area (Å²) in [6.07, 6.45) is 12.8. The molecule has 0 aromatic heterocycles. The zero-order valence-corrected chi connectivity index (χ0v) is 18.4. The molecule has 1 unspecified atom stereocenters. The third-order valence-electron chi connectivity index (χ3n) is 4.00. The van der Waals surface area contributed by atoms with Crippen LogP contribution in [0.4, 0.5) is 0 Å². The van der Waals surface area contributed by atoms with Crippen LogP contribution in [0.15, 0.2) is 43.0 Å². The molecule has 3 N–H and O–H groups in total. The summed E-state index contributed by atoms with van der Waals surface area (Å²) < 4.78 is 5.53. The van der Waals surface area contributed by atoms with Crippen LogP contribution in [0.25, 0.3) is 0 Å². The largest absolute Gasteiger partial charge is 0.366 e. The third-order valence-corrected chi connectivity index (χ3v) is 4.00. The summed E-state index contributed by atoms with van der Waals surface area (Å²) in [6.45, 7) is 9.71. The van der Waals surface area contributed by atoms with Crippen LogP contribution in [0.2, 0.25) is 0 Å². The van der Waals surface area contributed by atoms with Gasteiger partial charge in [-0.05, 0) is 52.5 Å². The number of aliphatic hydroxyl groups is 3. The van der Waals surface area contributed by atoms with E-state index in [9.17, 15) is 5.11 Å². The second kappa shape index (κ2) is 14.7. The van der Waals surface area contributed by atoms with Gasteiger partial charge >= 0.3 is 0 Å². The average molecular weight is 395 g/mol. The topological polar surface area (TPSA) is 69.9 Å². The Morgan fingerprint density at radius 2 is 1.32 bits per heavy atom. The number of hydrogen-bond acceptors (Lipinski definition) is 4. The second-order valence-corrected chi connectivity index (χ2v) is 8.33. The van der Waals surface area contributed by atoms with Crippen LogP contribution in [0.1, 0.15) is 84.6 Å². The maximum atomic E-state index is 9.65. The van der Waals surface area contributed by atoms with E-state index < -0.39 is 11.6 Å². The smallest absolute Gasteiger partial charge is 0.160 e. The first-order chi connectivity index (χ1) is 13.0. The molecule has 4 nitrogen and oxygen atoms in total. The van der Waals surface area contributed by atoms with Crippen molar-refractivity contribution in [2.24, 2.45) is 0 Å². The van der Waals surface area contributed by atoms with E-state index in [4.69, 9.17) is 14.9 Å². The molecule has 0 aliphatic carbocycles. The van der Waals surface area contributed by atoms with Crippen LogP contribution in [-0.2, 0) is 11.2 Å². The highest BCUT2D eigenvalue weighted by molar-refractivity contribution is 5.14. The van der Waals surface area contributed by atoms with E-state index in [1.807, 2.05) is 0 Å². The monoisotopic (exact) mass is 394 g/mol. The molecular weight excluding hydrogens is 352 g/mol. The normalized spacial score (nSPS) is 12.8. The Hall–Kier alpha value is -1.20. The third kappa shape index (κ3) is 21.1. The molecule has 0 radical (unpaired) electrons. The van der Waals surface area contributed by atoms with Gasteiger partial charge in [0.15, 0.2) is 11.6 Å². The Morgan fingerprint density at radius 3 is 1.79 bits per heavy atom. The lowest BCUT2D eigenvalue weighted by Crippen LogP contribution is -2.29. The predicted octanol–water partition coefficient (Wildman–Crippen LogP) is 5.36. The highest BCUT2D eigenvalue weighted by atomic mass is 16.6. The van der Waals surface area contributed by atoms with Gasteiger partial charge in [-0.25, -0.2) is 0 Å². The van der Waals surface area contributed by atoms with Crippen LogP contribution in [-0.4, -0.2) is 33.0 Å². The van der Waals surface area contributed by atoms with Gasteiger partial charge in [-0.2, -0.15) is 0 Å². The first-order valence-corrected chi connectivity index (χ1v) is 10.5. The molecule has 162 valence electrons. The van der Waals surface area contributed by atoms with Crippen molar-refractivity contribution < 1.29 is 20.1 Å². The highest BCUT2D eigenvalue weighted by Crippen LogP contribution is 2.16. The van der Waals surface area contributed by atoms with E-state index in [0.29, 0.717) is 0 Å². The van der Waals surface area contributed by atoms with Gasteiger partial charge < -0.3 is 20.1 Å². The van der Waals surface area contributed by atoms with Gasteiger partial charge in [-0.3, -0.25) is 0 Å². The first kappa shape index (κ1) is 26.8. The number of aryl methyl sites for hydroxylation is 1. The molecule has 1 aromatic carbocycles. The van der Waals surface area contributed by atoms with Crippen molar-refractivity contribution in [2.75, 3.05) is 0 Å². The van der Waals surface area contributed by atoms with Gasteiger partial charge in [0.25, 0.3) is 0 Å². The summed E-state index contributed by atoms with van der Waals surface area (Å²) in [5, 5.41) is 25.8. The van der Waals surface area contributed by atoms with Crippen molar-refractivity contribution in [1.82, 2.24) is 0 Å². The number of rotatable bonds is 13. The van der Waals surface area contributed by atoms with Gasteiger partial charge in [0.1, 0.15) is 0 Å². The Labute approximate surface area is 172 Å².